The number of thiazole rings is 1. The molecule has 0 aliphatic carbocycles. The molecule has 1 fully saturated rings. The fourth-order valence-corrected chi connectivity index (χ4v) is 5.47. The van der Waals surface area contributed by atoms with E-state index in [0.29, 0.717) is 67.1 Å². The van der Waals surface area contributed by atoms with Crippen LogP contribution >= 0.6 is 22.9 Å². The van der Waals surface area contributed by atoms with Gasteiger partial charge in [0.15, 0.2) is 10.8 Å². The first kappa shape index (κ1) is 28.2. The van der Waals surface area contributed by atoms with Gasteiger partial charge >= 0.3 is 11.9 Å². The number of esters is 2. The third-order valence-corrected chi connectivity index (χ3v) is 7.48. The van der Waals surface area contributed by atoms with E-state index in [1.54, 1.807) is 6.92 Å². The number of halogens is 2. The lowest BCUT2D eigenvalue weighted by atomic mass is 9.95. The van der Waals surface area contributed by atoms with Crippen molar-refractivity contribution >= 4 is 40.7 Å². The van der Waals surface area contributed by atoms with Crippen molar-refractivity contribution in [2.75, 3.05) is 46.6 Å². The highest BCUT2D eigenvalue weighted by atomic mass is 35.5. The summed E-state index contributed by atoms with van der Waals surface area (Å²) >= 11 is 7.81. The molecule has 0 bridgehead atoms. The predicted octanol–water partition coefficient (Wildman–Crippen LogP) is 3.84. The summed E-state index contributed by atoms with van der Waals surface area (Å²) in [6.07, 6.45) is 0.208. The minimum atomic E-state index is -0.841. The number of benzene rings is 1. The van der Waals surface area contributed by atoms with Crippen molar-refractivity contribution in [1.29, 1.82) is 0 Å². The number of aromatic nitrogens is 1. The number of aliphatic imine (C=N–C) groups is 1. The van der Waals surface area contributed by atoms with Crippen molar-refractivity contribution in [2.45, 2.75) is 32.2 Å². The van der Waals surface area contributed by atoms with Gasteiger partial charge in [-0.25, -0.2) is 14.2 Å². The number of ether oxygens (including phenoxy) is 3. The summed E-state index contributed by atoms with van der Waals surface area (Å²) in [5.41, 5.74) is 2.10. The van der Waals surface area contributed by atoms with E-state index in [2.05, 4.69) is 10.2 Å². The molecule has 12 heteroatoms. The third kappa shape index (κ3) is 6.58. The molecular formula is C26H30ClFN4O5S. The maximum atomic E-state index is 13.9. The third-order valence-electron chi connectivity index (χ3n) is 6.28. The highest BCUT2D eigenvalue weighted by molar-refractivity contribution is 7.11. The number of rotatable bonds is 9. The molecule has 1 aromatic heterocycles. The summed E-state index contributed by atoms with van der Waals surface area (Å²) < 4.78 is 29.6. The SMILES string of the molecule is CCOC(=O)CC(C)c1csc(C2=NC(c3ccc(F)cc3Cl)C(C(=O)OC)=C(CN3CCOCC3)N2)n1. The second-order valence-electron chi connectivity index (χ2n) is 8.93. The monoisotopic (exact) mass is 564 g/mol. The molecule has 204 valence electrons. The van der Waals surface area contributed by atoms with Gasteiger partial charge in [0.2, 0.25) is 0 Å². The fraction of sp³-hybridized carbons (Fsp3) is 0.462. The van der Waals surface area contributed by atoms with Crippen LogP contribution in [0.2, 0.25) is 5.02 Å². The fourth-order valence-electron chi connectivity index (χ4n) is 4.31. The van der Waals surface area contributed by atoms with Gasteiger partial charge in [-0.2, -0.15) is 0 Å². The Kier molecular flexibility index (Phi) is 9.48. The molecule has 0 amide bonds. The van der Waals surface area contributed by atoms with E-state index in [1.165, 1.54) is 36.6 Å². The van der Waals surface area contributed by atoms with Crippen LogP contribution in [0.1, 0.15) is 48.5 Å². The molecule has 2 atom stereocenters. The predicted molar refractivity (Wildman–Crippen MR) is 142 cm³/mol. The molecule has 3 heterocycles. The molecule has 1 aromatic carbocycles. The Bertz CT molecular complexity index is 1240. The Morgan fingerprint density at radius 1 is 1.34 bits per heavy atom. The van der Waals surface area contributed by atoms with Crippen LogP contribution in [0, 0.1) is 5.82 Å². The number of nitrogens with zero attached hydrogens (tertiary/aromatic N) is 3. The van der Waals surface area contributed by atoms with Crippen molar-refractivity contribution in [2.24, 2.45) is 4.99 Å². The van der Waals surface area contributed by atoms with Crippen molar-refractivity contribution in [3.63, 3.8) is 0 Å². The van der Waals surface area contributed by atoms with Crippen LogP contribution in [0.3, 0.4) is 0 Å². The molecule has 1 saturated heterocycles. The molecule has 0 radical (unpaired) electrons. The maximum absolute atomic E-state index is 13.9. The van der Waals surface area contributed by atoms with Crippen molar-refractivity contribution < 1.29 is 28.2 Å². The molecule has 2 aromatic rings. The average Bonchev–Trinajstić information content (AvgIpc) is 3.39. The van der Waals surface area contributed by atoms with E-state index in [-0.39, 0.29) is 23.3 Å². The number of hydrogen-bond donors (Lipinski definition) is 1. The van der Waals surface area contributed by atoms with Crippen molar-refractivity contribution in [3.8, 4) is 0 Å². The largest absolute Gasteiger partial charge is 0.466 e. The van der Waals surface area contributed by atoms with Crippen LogP contribution < -0.4 is 5.32 Å². The number of nitrogens with one attached hydrogen (secondary N) is 1. The van der Waals surface area contributed by atoms with Gasteiger partial charge in [-0.1, -0.05) is 24.6 Å². The lowest BCUT2D eigenvalue weighted by molar-refractivity contribution is -0.143. The van der Waals surface area contributed by atoms with Gasteiger partial charge in [0.25, 0.3) is 0 Å². The lowest BCUT2D eigenvalue weighted by Gasteiger charge is -2.32. The molecule has 2 unspecified atom stereocenters. The van der Waals surface area contributed by atoms with Crippen molar-refractivity contribution in [3.05, 3.63) is 62.0 Å². The Labute approximate surface area is 229 Å². The summed E-state index contributed by atoms with van der Waals surface area (Å²) in [5.74, 6) is -1.04. The van der Waals surface area contributed by atoms with Gasteiger partial charge in [0, 0.05) is 47.2 Å². The second kappa shape index (κ2) is 12.8. The Hall–Kier alpha value is -2.86. The first-order valence-electron chi connectivity index (χ1n) is 12.3. The smallest absolute Gasteiger partial charge is 0.338 e. The second-order valence-corrected chi connectivity index (χ2v) is 10.2. The van der Waals surface area contributed by atoms with Gasteiger partial charge in [-0.05, 0) is 19.1 Å². The first-order valence-corrected chi connectivity index (χ1v) is 13.6. The van der Waals surface area contributed by atoms with E-state index in [4.69, 9.17) is 35.8 Å². The zero-order valence-electron chi connectivity index (χ0n) is 21.5. The van der Waals surface area contributed by atoms with Gasteiger partial charge in [-0.3, -0.25) is 14.7 Å². The minimum absolute atomic E-state index is 0.148. The molecule has 1 N–H and O–H groups in total. The summed E-state index contributed by atoms with van der Waals surface area (Å²) in [7, 11) is 1.31. The van der Waals surface area contributed by atoms with Crippen LogP contribution in [0.25, 0.3) is 0 Å². The normalized spacial score (nSPS) is 19.0. The van der Waals surface area contributed by atoms with Gasteiger partial charge in [-0.15, -0.1) is 11.3 Å². The van der Waals surface area contributed by atoms with Crippen LogP contribution in [-0.4, -0.2) is 74.2 Å². The van der Waals surface area contributed by atoms with Crippen LogP contribution in [0.5, 0.6) is 0 Å². The minimum Gasteiger partial charge on any atom is -0.466 e. The number of methoxy groups -OCH3 is 1. The number of carbonyl (C=O) groups is 2. The average molecular weight is 565 g/mol. The molecule has 4 rings (SSSR count). The highest BCUT2D eigenvalue weighted by Crippen LogP contribution is 2.37. The van der Waals surface area contributed by atoms with E-state index >= 15 is 0 Å². The zero-order valence-corrected chi connectivity index (χ0v) is 23.0. The van der Waals surface area contributed by atoms with Gasteiger partial charge < -0.3 is 19.5 Å². The zero-order chi connectivity index (χ0) is 27.2. The van der Waals surface area contributed by atoms with E-state index in [9.17, 15) is 14.0 Å². The van der Waals surface area contributed by atoms with Crippen LogP contribution in [-0.2, 0) is 23.8 Å². The summed E-state index contributed by atoms with van der Waals surface area (Å²) in [6, 6.07) is 3.17. The molecule has 0 saturated carbocycles. The van der Waals surface area contributed by atoms with Crippen LogP contribution in [0.15, 0.2) is 39.8 Å². The number of morpholine rings is 1. The van der Waals surface area contributed by atoms with E-state index in [1.807, 2.05) is 12.3 Å². The molecule has 0 spiro atoms. The molecule has 2 aliphatic rings. The quantitative estimate of drug-likeness (QED) is 0.458. The summed E-state index contributed by atoms with van der Waals surface area (Å²) in [5, 5.41) is 5.92. The number of hydrogen-bond acceptors (Lipinski definition) is 10. The van der Waals surface area contributed by atoms with Gasteiger partial charge in [0.1, 0.15) is 11.9 Å². The lowest BCUT2D eigenvalue weighted by Crippen LogP contribution is -2.43. The van der Waals surface area contributed by atoms with E-state index in [0.717, 1.165) is 5.69 Å². The Morgan fingerprint density at radius 2 is 2.11 bits per heavy atom. The van der Waals surface area contributed by atoms with Crippen LogP contribution in [0.4, 0.5) is 4.39 Å². The molecule has 2 aliphatic heterocycles. The maximum Gasteiger partial charge on any atom is 0.338 e. The topological polar surface area (TPSA) is 102 Å². The number of amidine groups is 1. The highest BCUT2D eigenvalue weighted by Gasteiger charge is 2.35. The molecule has 9 nitrogen and oxygen atoms in total. The van der Waals surface area contributed by atoms with Crippen molar-refractivity contribution in [1.82, 2.24) is 15.2 Å². The molecule has 38 heavy (non-hydrogen) atoms. The number of carbonyl (C=O) groups excluding carboxylic acids is 2. The Balaban J connectivity index is 1.73. The molecular weight excluding hydrogens is 535 g/mol. The van der Waals surface area contributed by atoms with E-state index < -0.39 is 17.8 Å². The summed E-state index contributed by atoms with van der Waals surface area (Å²) in [6.45, 7) is 6.98. The Morgan fingerprint density at radius 3 is 2.79 bits per heavy atom. The first-order chi connectivity index (χ1) is 18.3. The summed E-state index contributed by atoms with van der Waals surface area (Å²) in [4.78, 5) is 36.8. The standard InChI is InChI=1S/C26H30ClFN4O5S/c1-4-37-21(33)11-15(2)20-14-38-25(30-20)24-29-19(13-32-7-9-36-10-8-32)22(26(34)35-3)23(31-24)17-6-5-16(28)12-18(17)27/h5-6,12,14-15,23H,4,7-11,13H2,1-3H3,(H,29,31). The van der Waals surface area contributed by atoms with Gasteiger partial charge in [0.05, 0.1) is 44.6 Å².